The molecule has 0 aliphatic heterocycles. The van der Waals surface area contributed by atoms with Gasteiger partial charge in [0.1, 0.15) is 0 Å². The number of H-pyrrole nitrogens is 1. The average molecular weight is 228 g/mol. The summed E-state index contributed by atoms with van der Waals surface area (Å²) in [6.07, 6.45) is 3.30. The number of anilines is 1. The van der Waals surface area contributed by atoms with Crippen LogP contribution in [0.5, 0.6) is 0 Å². The van der Waals surface area contributed by atoms with Crippen molar-refractivity contribution in [1.29, 1.82) is 0 Å². The zero-order valence-corrected chi connectivity index (χ0v) is 9.36. The Balaban J connectivity index is 2.16. The summed E-state index contributed by atoms with van der Waals surface area (Å²) in [4.78, 5) is 25.7. The molecule has 0 spiro atoms. The SMILES string of the molecule is CC(=O)c1cccc(NC(=O)c2cc[nH]c2)c1. The van der Waals surface area contributed by atoms with E-state index >= 15 is 0 Å². The molecule has 0 unspecified atom stereocenters. The second-order valence-electron chi connectivity index (χ2n) is 3.69. The molecule has 86 valence electrons. The number of hydrogen-bond acceptors (Lipinski definition) is 2. The van der Waals surface area contributed by atoms with Crippen molar-refractivity contribution in [3.05, 3.63) is 53.9 Å². The maximum Gasteiger partial charge on any atom is 0.257 e. The third kappa shape index (κ3) is 2.60. The molecule has 0 bridgehead atoms. The standard InChI is InChI=1S/C13H12N2O2/c1-9(16)10-3-2-4-12(7-10)15-13(17)11-5-6-14-8-11/h2-8,14H,1H3,(H,15,17). The van der Waals surface area contributed by atoms with Crippen molar-refractivity contribution in [3.63, 3.8) is 0 Å². The van der Waals surface area contributed by atoms with Crippen LogP contribution in [0.25, 0.3) is 0 Å². The number of Topliss-reactive ketones (excluding diaryl/α,β-unsaturated/α-hetero) is 1. The topological polar surface area (TPSA) is 62.0 Å². The van der Waals surface area contributed by atoms with Gasteiger partial charge >= 0.3 is 0 Å². The van der Waals surface area contributed by atoms with E-state index in [-0.39, 0.29) is 11.7 Å². The molecule has 17 heavy (non-hydrogen) atoms. The monoisotopic (exact) mass is 228 g/mol. The number of amides is 1. The molecule has 0 aliphatic rings. The highest BCUT2D eigenvalue weighted by molar-refractivity contribution is 6.05. The van der Waals surface area contributed by atoms with Crippen LogP contribution in [0.3, 0.4) is 0 Å². The fourth-order valence-corrected chi connectivity index (χ4v) is 1.48. The molecule has 4 nitrogen and oxygen atoms in total. The van der Waals surface area contributed by atoms with Gasteiger partial charge in [0.05, 0.1) is 5.56 Å². The van der Waals surface area contributed by atoms with E-state index in [1.807, 2.05) is 0 Å². The number of benzene rings is 1. The molecule has 0 aliphatic carbocycles. The first kappa shape index (κ1) is 11.1. The van der Waals surface area contributed by atoms with E-state index in [9.17, 15) is 9.59 Å². The first-order valence-electron chi connectivity index (χ1n) is 5.22. The van der Waals surface area contributed by atoms with Crippen LogP contribution in [0, 0.1) is 0 Å². The molecule has 0 radical (unpaired) electrons. The van der Waals surface area contributed by atoms with Crippen molar-refractivity contribution in [2.24, 2.45) is 0 Å². The highest BCUT2D eigenvalue weighted by Gasteiger charge is 2.07. The highest BCUT2D eigenvalue weighted by atomic mass is 16.1. The maximum atomic E-state index is 11.7. The number of carbonyl (C=O) groups is 2. The van der Waals surface area contributed by atoms with Crippen LogP contribution in [0.1, 0.15) is 27.6 Å². The Kier molecular flexibility index (Phi) is 3.05. The summed E-state index contributed by atoms with van der Waals surface area (Å²) in [5, 5.41) is 2.73. The van der Waals surface area contributed by atoms with E-state index in [0.29, 0.717) is 16.8 Å². The summed E-state index contributed by atoms with van der Waals surface area (Å²) in [6.45, 7) is 1.49. The molecule has 1 heterocycles. The van der Waals surface area contributed by atoms with E-state index in [1.54, 1.807) is 42.7 Å². The molecule has 0 fully saturated rings. The number of aromatic nitrogens is 1. The van der Waals surface area contributed by atoms with Gasteiger partial charge in [-0.2, -0.15) is 0 Å². The lowest BCUT2D eigenvalue weighted by Crippen LogP contribution is -2.11. The third-order valence-electron chi connectivity index (χ3n) is 2.39. The summed E-state index contributed by atoms with van der Waals surface area (Å²) >= 11 is 0. The van der Waals surface area contributed by atoms with Crippen molar-refractivity contribution in [3.8, 4) is 0 Å². The smallest absolute Gasteiger partial charge is 0.257 e. The zero-order valence-electron chi connectivity index (χ0n) is 9.36. The van der Waals surface area contributed by atoms with Crippen LogP contribution >= 0.6 is 0 Å². The summed E-state index contributed by atoms with van der Waals surface area (Å²) in [6, 6.07) is 8.55. The lowest BCUT2D eigenvalue weighted by molar-refractivity contribution is 0.101. The van der Waals surface area contributed by atoms with Gasteiger partial charge < -0.3 is 10.3 Å². The van der Waals surface area contributed by atoms with Gasteiger partial charge in [0.2, 0.25) is 0 Å². The van der Waals surface area contributed by atoms with Gasteiger partial charge in [0, 0.05) is 23.6 Å². The van der Waals surface area contributed by atoms with E-state index < -0.39 is 0 Å². The fraction of sp³-hybridized carbons (Fsp3) is 0.0769. The van der Waals surface area contributed by atoms with Gasteiger partial charge in [-0.3, -0.25) is 9.59 Å². The number of carbonyl (C=O) groups excluding carboxylic acids is 2. The minimum absolute atomic E-state index is 0.0252. The molecule has 2 rings (SSSR count). The normalized spacial score (nSPS) is 9.94. The predicted octanol–water partition coefficient (Wildman–Crippen LogP) is 2.47. The van der Waals surface area contributed by atoms with Gasteiger partial charge in [0.15, 0.2) is 5.78 Å². The Morgan fingerprint density at radius 3 is 2.65 bits per heavy atom. The van der Waals surface area contributed by atoms with E-state index in [2.05, 4.69) is 10.3 Å². The van der Waals surface area contributed by atoms with Crippen molar-refractivity contribution in [1.82, 2.24) is 4.98 Å². The molecule has 4 heteroatoms. The molecule has 0 saturated carbocycles. The van der Waals surface area contributed by atoms with Gasteiger partial charge in [-0.15, -0.1) is 0 Å². The lowest BCUT2D eigenvalue weighted by Gasteiger charge is -2.04. The van der Waals surface area contributed by atoms with Gasteiger partial charge in [-0.1, -0.05) is 12.1 Å². The Morgan fingerprint density at radius 2 is 2.00 bits per heavy atom. The van der Waals surface area contributed by atoms with Crippen molar-refractivity contribution in [2.75, 3.05) is 5.32 Å². The molecule has 0 atom stereocenters. The summed E-state index contributed by atoms with van der Waals surface area (Å²) in [7, 11) is 0. The van der Waals surface area contributed by atoms with Crippen molar-refractivity contribution >= 4 is 17.4 Å². The molecular weight excluding hydrogens is 216 g/mol. The molecule has 1 amide bonds. The summed E-state index contributed by atoms with van der Waals surface area (Å²) in [5.41, 5.74) is 1.75. The average Bonchev–Trinajstić information content (AvgIpc) is 2.82. The zero-order chi connectivity index (χ0) is 12.3. The summed E-state index contributed by atoms with van der Waals surface area (Å²) in [5.74, 6) is -0.227. The third-order valence-corrected chi connectivity index (χ3v) is 2.39. The van der Waals surface area contributed by atoms with Crippen LogP contribution in [0.4, 0.5) is 5.69 Å². The first-order chi connectivity index (χ1) is 8.16. The predicted molar refractivity (Wildman–Crippen MR) is 65.2 cm³/mol. The van der Waals surface area contributed by atoms with E-state index in [4.69, 9.17) is 0 Å². The van der Waals surface area contributed by atoms with Crippen molar-refractivity contribution in [2.45, 2.75) is 6.92 Å². The van der Waals surface area contributed by atoms with Crippen LogP contribution in [-0.2, 0) is 0 Å². The van der Waals surface area contributed by atoms with Crippen LogP contribution < -0.4 is 5.32 Å². The number of ketones is 1. The number of rotatable bonds is 3. The van der Waals surface area contributed by atoms with Crippen LogP contribution in [-0.4, -0.2) is 16.7 Å². The molecule has 0 saturated heterocycles. The maximum absolute atomic E-state index is 11.7. The fourth-order valence-electron chi connectivity index (χ4n) is 1.48. The second kappa shape index (κ2) is 4.65. The van der Waals surface area contributed by atoms with Crippen molar-refractivity contribution < 1.29 is 9.59 Å². The number of hydrogen-bond donors (Lipinski definition) is 2. The second-order valence-corrected chi connectivity index (χ2v) is 3.69. The highest BCUT2D eigenvalue weighted by Crippen LogP contribution is 2.12. The molecule has 1 aromatic carbocycles. The number of aromatic amines is 1. The molecule has 2 N–H and O–H groups in total. The van der Waals surface area contributed by atoms with Crippen LogP contribution in [0.15, 0.2) is 42.7 Å². The molecule has 2 aromatic rings. The van der Waals surface area contributed by atoms with E-state index in [0.717, 1.165) is 0 Å². The Morgan fingerprint density at radius 1 is 1.18 bits per heavy atom. The Labute approximate surface area is 98.7 Å². The largest absolute Gasteiger partial charge is 0.367 e. The molecular formula is C13H12N2O2. The Bertz CT molecular complexity index is 544. The number of nitrogens with one attached hydrogen (secondary N) is 2. The minimum Gasteiger partial charge on any atom is -0.367 e. The van der Waals surface area contributed by atoms with E-state index in [1.165, 1.54) is 6.92 Å². The Hall–Kier alpha value is -2.36. The van der Waals surface area contributed by atoms with Gasteiger partial charge in [-0.05, 0) is 25.1 Å². The lowest BCUT2D eigenvalue weighted by atomic mass is 10.1. The van der Waals surface area contributed by atoms with Crippen LogP contribution in [0.2, 0.25) is 0 Å². The van der Waals surface area contributed by atoms with Gasteiger partial charge in [0.25, 0.3) is 5.91 Å². The quantitative estimate of drug-likeness (QED) is 0.793. The van der Waals surface area contributed by atoms with Gasteiger partial charge in [-0.25, -0.2) is 0 Å². The minimum atomic E-state index is -0.202. The summed E-state index contributed by atoms with van der Waals surface area (Å²) < 4.78 is 0. The molecule has 1 aromatic heterocycles. The first-order valence-corrected chi connectivity index (χ1v) is 5.22.